The SMILES string of the molecule is CCOC=Cc1c(NCCC(F)(F)F)ccnc1Cl. The number of halogens is 4. The Bertz CT molecular complexity index is 435. The molecule has 0 saturated carbocycles. The van der Waals surface area contributed by atoms with E-state index in [1.807, 2.05) is 6.92 Å². The third kappa shape index (κ3) is 5.83. The van der Waals surface area contributed by atoms with Gasteiger partial charge in [0.25, 0.3) is 0 Å². The largest absolute Gasteiger partial charge is 0.501 e. The monoisotopic (exact) mass is 294 g/mol. The first-order valence-electron chi connectivity index (χ1n) is 5.67. The fourth-order valence-electron chi connectivity index (χ4n) is 1.31. The van der Waals surface area contributed by atoms with E-state index in [-0.39, 0.29) is 11.7 Å². The van der Waals surface area contributed by atoms with Gasteiger partial charge < -0.3 is 10.1 Å². The maximum atomic E-state index is 12.1. The molecule has 0 amide bonds. The minimum Gasteiger partial charge on any atom is -0.501 e. The van der Waals surface area contributed by atoms with Crippen molar-refractivity contribution in [3.63, 3.8) is 0 Å². The Morgan fingerprint density at radius 3 is 2.84 bits per heavy atom. The van der Waals surface area contributed by atoms with Gasteiger partial charge in [-0.1, -0.05) is 11.6 Å². The molecule has 106 valence electrons. The normalized spacial score (nSPS) is 11.8. The molecule has 0 aliphatic heterocycles. The Kier molecular flexibility index (Phi) is 5.95. The van der Waals surface area contributed by atoms with Crippen molar-refractivity contribution >= 4 is 23.4 Å². The minimum atomic E-state index is -4.19. The number of aromatic nitrogens is 1. The number of nitrogens with one attached hydrogen (secondary N) is 1. The fourth-order valence-corrected chi connectivity index (χ4v) is 1.53. The first-order chi connectivity index (χ1) is 8.94. The molecule has 0 unspecified atom stereocenters. The van der Waals surface area contributed by atoms with Gasteiger partial charge in [-0.3, -0.25) is 0 Å². The smallest absolute Gasteiger partial charge is 0.390 e. The molecular formula is C12H14ClF3N2O. The molecular weight excluding hydrogens is 281 g/mol. The third-order valence-electron chi connectivity index (χ3n) is 2.16. The quantitative estimate of drug-likeness (QED) is 0.633. The molecule has 1 N–H and O–H groups in total. The number of alkyl halides is 3. The zero-order valence-corrected chi connectivity index (χ0v) is 11.1. The van der Waals surface area contributed by atoms with E-state index >= 15 is 0 Å². The highest BCUT2D eigenvalue weighted by Gasteiger charge is 2.26. The number of ether oxygens (including phenoxy) is 1. The first-order valence-corrected chi connectivity index (χ1v) is 6.05. The van der Waals surface area contributed by atoms with Crippen LogP contribution in [0.1, 0.15) is 18.9 Å². The molecule has 0 spiro atoms. The summed E-state index contributed by atoms with van der Waals surface area (Å²) >= 11 is 5.90. The molecule has 0 atom stereocenters. The van der Waals surface area contributed by atoms with Crippen LogP contribution in [0.4, 0.5) is 18.9 Å². The van der Waals surface area contributed by atoms with Gasteiger partial charge in [0.15, 0.2) is 0 Å². The van der Waals surface area contributed by atoms with E-state index < -0.39 is 12.6 Å². The van der Waals surface area contributed by atoms with E-state index in [4.69, 9.17) is 16.3 Å². The van der Waals surface area contributed by atoms with Crippen molar-refractivity contribution in [1.29, 1.82) is 0 Å². The van der Waals surface area contributed by atoms with Gasteiger partial charge in [0.2, 0.25) is 0 Å². The van der Waals surface area contributed by atoms with Gasteiger partial charge in [0.1, 0.15) is 5.15 Å². The number of pyridine rings is 1. The Hall–Kier alpha value is -1.43. The highest BCUT2D eigenvalue weighted by molar-refractivity contribution is 6.31. The van der Waals surface area contributed by atoms with E-state index in [9.17, 15) is 13.2 Å². The predicted molar refractivity (Wildman–Crippen MR) is 69.1 cm³/mol. The van der Waals surface area contributed by atoms with Gasteiger partial charge in [0, 0.05) is 24.0 Å². The van der Waals surface area contributed by atoms with Gasteiger partial charge >= 0.3 is 6.18 Å². The lowest BCUT2D eigenvalue weighted by atomic mass is 10.2. The number of nitrogens with zero attached hydrogens (tertiary/aromatic N) is 1. The molecule has 19 heavy (non-hydrogen) atoms. The molecule has 1 rings (SSSR count). The molecule has 0 aromatic carbocycles. The lowest BCUT2D eigenvalue weighted by Gasteiger charge is -2.11. The molecule has 7 heteroatoms. The molecule has 1 heterocycles. The predicted octanol–water partition coefficient (Wildman–Crippen LogP) is 4.11. The summed E-state index contributed by atoms with van der Waals surface area (Å²) in [7, 11) is 0. The van der Waals surface area contributed by atoms with Crippen LogP contribution in [0.25, 0.3) is 6.08 Å². The lowest BCUT2D eigenvalue weighted by molar-refractivity contribution is -0.131. The van der Waals surface area contributed by atoms with Crippen molar-refractivity contribution in [3.8, 4) is 0 Å². The second-order valence-electron chi connectivity index (χ2n) is 3.61. The first kappa shape index (κ1) is 15.6. The van der Waals surface area contributed by atoms with Crippen LogP contribution in [0.15, 0.2) is 18.5 Å². The topological polar surface area (TPSA) is 34.1 Å². The summed E-state index contributed by atoms with van der Waals surface area (Å²) in [6, 6.07) is 1.56. The Morgan fingerprint density at radius 1 is 1.47 bits per heavy atom. The van der Waals surface area contributed by atoms with Crippen molar-refractivity contribution in [1.82, 2.24) is 4.98 Å². The average Bonchev–Trinajstić information content (AvgIpc) is 2.31. The van der Waals surface area contributed by atoms with Crippen molar-refractivity contribution in [2.75, 3.05) is 18.5 Å². The molecule has 3 nitrogen and oxygen atoms in total. The van der Waals surface area contributed by atoms with Crippen LogP contribution in [-0.2, 0) is 4.74 Å². The second-order valence-corrected chi connectivity index (χ2v) is 3.97. The van der Waals surface area contributed by atoms with Crippen LogP contribution >= 0.6 is 11.6 Å². The number of hydrogen-bond acceptors (Lipinski definition) is 3. The highest BCUT2D eigenvalue weighted by atomic mass is 35.5. The van der Waals surface area contributed by atoms with Crippen LogP contribution in [0.2, 0.25) is 5.15 Å². The number of anilines is 1. The zero-order chi connectivity index (χ0) is 14.3. The van der Waals surface area contributed by atoms with E-state index in [1.54, 1.807) is 12.1 Å². The Balaban J connectivity index is 2.74. The van der Waals surface area contributed by atoms with Crippen LogP contribution in [0.5, 0.6) is 0 Å². The summed E-state index contributed by atoms with van der Waals surface area (Å²) in [4.78, 5) is 3.87. The Morgan fingerprint density at radius 2 is 2.21 bits per heavy atom. The summed E-state index contributed by atoms with van der Waals surface area (Å²) in [5.41, 5.74) is 0.986. The summed E-state index contributed by atoms with van der Waals surface area (Å²) < 4.78 is 41.3. The van der Waals surface area contributed by atoms with E-state index in [0.29, 0.717) is 17.9 Å². The lowest BCUT2D eigenvalue weighted by Crippen LogP contribution is -2.15. The van der Waals surface area contributed by atoms with Crippen LogP contribution in [0.3, 0.4) is 0 Å². The van der Waals surface area contributed by atoms with Crippen LogP contribution in [-0.4, -0.2) is 24.3 Å². The molecule has 1 aromatic rings. The summed E-state index contributed by atoms with van der Waals surface area (Å²) in [6.45, 7) is 2.09. The van der Waals surface area contributed by atoms with Crippen molar-refractivity contribution < 1.29 is 17.9 Å². The second kappa shape index (κ2) is 7.23. The summed E-state index contributed by atoms with van der Waals surface area (Å²) in [5.74, 6) is 0. The van der Waals surface area contributed by atoms with Gasteiger partial charge in [-0.05, 0) is 19.1 Å². The maximum Gasteiger partial charge on any atom is 0.390 e. The maximum absolute atomic E-state index is 12.1. The van der Waals surface area contributed by atoms with E-state index in [0.717, 1.165) is 0 Å². The fraction of sp³-hybridized carbons (Fsp3) is 0.417. The summed E-state index contributed by atoms with van der Waals surface area (Å²) in [5, 5.41) is 2.89. The van der Waals surface area contributed by atoms with Gasteiger partial charge in [-0.2, -0.15) is 13.2 Å². The van der Waals surface area contributed by atoms with E-state index in [1.165, 1.54) is 12.5 Å². The van der Waals surface area contributed by atoms with Gasteiger partial charge in [-0.25, -0.2) is 4.98 Å². The van der Waals surface area contributed by atoms with Gasteiger partial charge in [0.05, 0.1) is 19.3 Å². The van der Waals surface area contributed by atoms with E-state index in [2.05, 4.69) is 10.3 Å². The molecule has 1 aromatic heterocycles. The highest BCUT2D eigenvalue weighted by Crippen LogP contribution is 2.25. The number of hydrogen-bond donors (Lipinski definition) is 1. The molecule has 0 fully saturated rings. The molecule has 0 aliphatic carbocycles. The average molecular weight is 295 g/mol. The van der Waals surface area contributed by atoms with Gasteiger partial charge in [-0.15, -0.1) is 0 Å². The van der Waals surface area contributed by atoms with Crippen LogP contribution < -0.4 is 5.32 Å². The molecule has 0 saturated heterocycles. The third-order valence-corrected chi connectivity index (χ3v) is 2.46. The molecule has 0 radical (unpaired) electrons. The summed E-state index contributed by atoms with van der Waals surface area (Å²) in [6.07, 6.45) is -0.685. The van der Waals surface area contributed by atoms with Crippen molar-refractivity contribution in [2.45, 2.75) is 19.5 Å². The number of rotatable bonds is 6. The van der Waals surface area contributed by atoms with Crippen molar-refractivity contribution in [3.05, 3.63) is 29.2 Å². The Labute approximate surface area is 114 Å². The molecule has 0 bridgehead atoms. The van der Waals surface area contributed by atoms with Crippen molar-refractivity contribution in [2.24, 2.45) is 0 Å². The zero-order valence-electron chi connectivity index (χ0n) is 10.3. The molecule has 0 aliphatic rings. The standard InChI is InChI=1S/C12H14ClF3N2O/c1-2-19-8-4-9-10(3-6-18-11(9)13)17-7-5-12(14,15)16/h3-4,6,8H,2,5,7H2,1H3,(H,17,18). The minimum absolute atomic E-state index is 0.202. The van der Waals surface area contributed by atoms with Crippen LogP contribution in [0, 0.1) is 0 Å².